The third kappa shape index (κ3) is 6.58. The van der Waals surface area contributed by atoms with E-state index in [4.69, 9.17) is 37.4 Å². The second kappa shape index (κ2) is 11.9. The molecule has 1 amide bonds. The highest BCUT2D eigenvalue weighted by Crippen LogP contribution is 2.23. The molecular weight excluding hydrogens is 467 g/mol. The van der Waals surface area contributed by atoms with Gasteiger partial charge in [0.1, 0.15) is 6.61 Å². The van der Waals surface area contributed by atoms with Crippen molar-refractivity contribution in [2.75, 3.05) is 14.2 Å². The van der Waals surface area contributed by atoms with E-state index in [2.05, 4.69) is 5.32 Å². The number of carbonyl (C=O) groups excluding carboxylic acids is 1. The standard InChI is InChI=1S/C24H24Cl2N2O5/c1-31-21(32-2)14-28-11-10-20(29)23(33-15-16-6-4-3-5-7-16)22(28)24(30)27-13-17-8-9-18(25)19(26)12-17/h3-12,21H,13-15H2,1-2H3,(H,27,30). The predicted octanol–water partition coefficient (Wildman–Crippen LogP) is 4.28. The molecule has 0 saturated heterocycles. The second-order valence-corrected chi connectivity index (χ2v) is 7.93. The number of ether oxygens (including phenoxy) is 3. The summed E-state index contributed by atoms with van der Waals surface area (Å²) in [5.41, 5.74) is 1.27. The lowest BCUT2D eigenvalue weighted by atomic mass is 10.2. The highest BCUT2D eigenvalue weighted by Gasteiger charge is 2.22. The first-order valence-corrected chi connectivity index (χ1v) is 10.9. The summed E-state index contributed by atoms with van der Waals surface area (Å²) in [6.07, 6.45) is 0.882. The van der Waals surface area contributed by atoms with E-state index in [1.807, 2.05) is 30.3 Å². The van der Waals surface area contributed by atoms with Gasteiger partial charge in [0.25, 0.3) is 5.91 Å². The van der Waals surface area contributed by atoms with Crippen LogP contribution in [0, 0.1) is 0 Å². The number of halogens is 2. The van der Waals surface area contributed by atoms with Gasteiger partial charge in [0.05, 0.1) is 16.6 Å². The Kier molecular flexibility index (Phi) is 8.91. The summed E-state index contributed by atoms with van der Waals surface area (Å²) in [6, 6.07) is 15.8. The summed E-state index contributed by atoms with van der Waals surface area (Å²) < 4.78 is 18.0. The summed E-state index contributed by atoms with van der Waals surface area (Å²) in [5, 5.41) is 3.62. The first kappa shape index (κ1) is 24.8. The number of amides is 1. The molecule has 0 aliphatic rings. The zero-order valence-corrected chi connectivity index (χ0v) is 19.7. The molecule has 0 saturated carbocycles. The van der Waals surface area contributed by atoms with Crippen LogP contribution in [0.5, 0.6) is 5.75 Å². The fourth-order valence-corrected chi connectivity index (χ4v) is 3.45. The molecule has 0 radical (unpaired) electrons. The third-order valence-electron chi connectivity index (χ3n) is 4.88. The van der Waals surface area contributed by atoms with Crippen LogP contribution in [0.25, 0.3) is 0 Å². The first-order valence-electron chi connectivity index (χ1n) is 10.1. The molecule has 3 rings (SSSR count). The monoisotopic (exact) mass is 490 g/mol. The molecule has 0 bridgehead atoms. The molecule has 174 valence electrons. The third-order valence-corrected chi connectivity index (χ3v) is 5.62. The van der Waals surface area contributed by atoms with Crippen molar-refractivity contribution >= 4 is 29.1 Å². The fourth-order valence-electron chi connectivity index (χ4n) is 3.13. The number of nitrogens with one attached hydrogen (secondary N) is 1. The molecule has 0 unspecified atom stereocenters. The molecule has 1 N–H and O–H groups in total. The number of benzene rings is 2. The Bertz CT molecular complexity index is 1150. The number of carbonyl (C=O) groups is 1. The van der Waals surface area contributed by atoms with Gasteiger partial charge in [-0.15, -0.1) is 0 Å². The number of aromatic nitrogens is 1. The molecule has 9 heteroatoms. The van der Waals surface area contributed by atoms with Crippen molar-refractivity contribution < 1.29 is 19.0 Å². The molecule has 1 heterocycles. The van der Waals surface area contributed by atoms with Crippen LogP contribution in [0.2, 0.25) is 10.0 Å². The summed E-state index contributed by atoms with van der Waals surface area (Å²) >= 11 is 12.0. The van der Waals surface area contributed by atoms with E-state index in [1.54, 1.807) is 22.8 Å². The zero-order valence-electron chi connectivity index (χ0n) is 18.2. The highest BCUT2D eigenvalue weighted by molar-refractivity contribution is 6.42. The Balaban J connectivity index is 1.91. The van der Waals surface area contributed by atoms with Crippen molar-refractivity contribution in [2.24, 2.45) is 0 Å². The van der Waals surface area contributed by atoms with Gasteiger partial charge in [-0.2, -0.15) is 0 Å². The largest absolute Gasteiger partial charge is 0.483 e. The molecule has 7 nitrogen and oxygen atoms in total. The maximum absolute atomic E-state index is 13.2. The van der Waals surface area contributed by atoms with E-state index in [0.29, 0.717) is 10.0 Å². The summed E-state index contributed by atoms with van der Waals surface area (Å²) in [6.45, 7) is 0.477. The minimum absolute atomic E-state index is 0.0565. The Labute approximate surface area is 201 Å². The van der Waals surface area contributed by atoms with Gasteiger partial charge in [0.15, 0.2) is 17.7 Å². The van der Waals surface area contributed by atoms with Crippen LogP contribution in [0.15, 0.2) is 65.6 Å². The van der Waals surface area contributed by atoms with Crippen LogP contribution in [0.3, 0.4) is 0 Å². The Hall–Kier alpha value is -2.84. The Morgan fingerprint density at radius 1 is 1.00 bits per heavy atom. The SMILES string of the molecule is COC(Cn1ccc(=O)c(OCc2ccccc2)c1C(=O)NCc1ccc(Cl)c(Cl)c1)OC. The van der Waals surface area contributed by atoms with Crippen LogP contribution >= 0.6 is 23.2 Å². The summed E-state index contributed by atoms with van der Waals surface area (Å²) in [7, 11) is 2.99. The van der Waals surface area contributed by atoms with Crippen molar-refractivity contribution in [1.29, 1.82) is 0 Å². The van der Waals surface area contributed by atoms with E-state index in [9.17, 15) is 9.59 Å². The predicted molar refractivity (Wildman–Crippen MR) is 127 cm³/mol. The molecule has 0 atom stereocenters. The molecule has 0 aliphatic carbocycles. The van der Waals surface area contributed by atoms with E-state index in [1.165, 1.54) is 26.5 Å². The molecule has 3 aromatic rings. The maximum atomic E-state index is 13.2. The summed E-state index contributed by atoms with van der Waals surface area (Å²) in [5.74, 6) is -0.549. The molecule has 0 aliphatic heterocycles. The molecule has 0 fully saturated rings. The van der Waals surface area contributed by atoms with Crippen molar-refractivity contribution in [2.45, 2.75) is 26.0 Å². The van der Waals surface area contributed by atoms with Gasteiger partial charge in [-0.1, -0.05) is 59.6 Å². The van der Waals surface area contributed by atoms with Crippen LogP contribution in [-0.2, 0) is 29.2 Å². The average molecular weight is 491 g/mol. The highest BCUT2D eigenvalue weighted by atomic mass is 35.5. The number of rotatable bonds is 10. The number of nitrogens with zero attached hydrogens (tertiary/aromatic N) is 1. The molecular formula is C24H24Cl2N2O5. The number of pyridine rings is 1. The van der Waals surface area contributed by atoms with Gasteiger partial charge in [-0.3, -0.25) is 9.59 Å². The van der Waals surface area contributed by atoms with Crippen molar-refractivity contribution in [3.05, 3.63) is 97.9 Å². The van der Waals surface area contributed by atoms with Crippen LogP contribution in [-0.4, -0.2) is 31.0 Å². The van der Waals surface area contributed by atoms with Gasteiger partial charge in [0, 0.05) is 33.0 Å². The minimum atomic E-state index is -0.629. The van der Waals surface area contributed by atoms with E-state index in [-0.39, 0.29) is 31.1 Å². The molecule has 33 heavy (non-hydrogen) atoms. The van der Waals surface area contributed by atoms with E-state index >= 15 is 0 Å². The quantitative estimate of drug-likeness (QED) is 0.429. The molecule has 1 aromatic heterocycles. The first-order chi connectivity index (χ1) is 15.9. The minimum Gasteiger partial charge on any atom is -0.483 e. The van der Waals surface area contributed by atoms with Gasteiger partial charge in [0.2, 0.25) is 5.43 Å². The number of methoxy groups -OCH3 is 2. The van der Waals surface area contributed by atoms with Crippen molar-refractivity contribution in [3.8, 4) is 5.75 Å². The smallest absolute Gasteiger partial charge is 0.272 e. The van der Waals surface area contributed by atoms with Gasteiger partial charge in [-0.05, 0) is 23.3 Å². The van der Waals surface area contributed by atoms with E-state index < -0.39 is 17.6 Å². The summed E-state index contributed by atoms with van der Waals surface area (Å²) in [4.78, 5) is 25.9. The molecule has 0 spiro atoms. The lowest BCUT2D eigenvalue weighted by Crippen LogP contribution is -2.32. The number of hydrogen-bond acceptors (Lipinski definition) is 5. The lowest BCUT2D eigenvalue weighted by molar-refractivity contribution is -0.111. The second-order valence-electron chi connectivity index (χ2n) is 7.12. The van der Waals surface area contributed by atoms with Crippen LogP contribution < -0.4 is 15.5 Å². The lowest BCUT2D eigenvalue weighted by Gasteiger charge is -2.20. The normalized spacial score (nSPS) is 10.9. The number of hydrogen-bond donors (Lipinski definition) is 1. The van der Waals surface area contributed by atoms with Gasteiger partial charge < -0.3 is 24.1 Å². The average Bonchev–Trinajstić information content (AvgIpc) is 2.83. The van der Waals surface area contributed by atoms with E-state index in [0.717, 1.165) is 11.1 Å². The van der Waals surface area contributed by atoms with Crippen LogP contribution in [0.1, 0.15) is 21.6 Å². The zero-order chi connectivity index (χ0) is 23.8. The Morgan fingerprint density at radius 3 is 2.39 bits per heavy atom. The molecule has 2 aromatic carbocycles. The van der Waals surface area contributed by atoms with Crippen LogP contribution in [0.4, 0.5) is 0 Å². The maximum Gasteiger partial charge on any atom is 0.272 e. The Morgan fingerprint density at radius 2 is 1.73 bits per heavy atom. The topological polar surface area (TPSA) is 78.8 Å². The fraction of sp³-hybridized carbons (Fsp3) is 0.250. The van der Waals surface area contributed by atoms with Crippen molar-refractivity contribution in [3.63, 3.8) is 0 Å². The van der Waals surface area contributed by atoms with Crippen molar-refractivity contribution in [1.82, 2.24) is 9.88 Å². The van der Waals surface area contributed by atoms with Gasteiger partial charge in [-0.25, -0.2) is 0 Å². The van der Waals surface area contributed by atoms with Gasteiger partial charge >= 0.3 is 0 Å².